The summed E-state index contributed by atoms with van der Waals surface area (Å²) < 4.78 is 6.04. The molecule has 4 rings (SSSR count). The van der Waals surface area contributed by atoms with E-state index in [4.69, 9.17) is 21.3 Å². The number of nitrogen functional groups attached to an aromatic ring is 1. The van der Waals surface area contributed by atoms with Crippen molar-refractivity contribution in [2.45, 2.75) is 38.3 Å². The molecule has 2 heterocycles. The number of nitrogens with zero attached hydrogens (tertiary/aromatic N) is 3. The molecule has 0 spiro atoms. The second-order valence-corrected chi connectivity index (χ2v) is 8.30. The Bertz CT molecular complexity index is 1180. The molecule has 1 amide bonds. The van der Waals surface area contributed by atoms with E-state index in [1.54, 1.807) is 11.0 Å². The van der Waals surface area contributed by atoms with Crippen LogP contribution in [0.5, 0.6) is 5.88 Å². The Labute approximate surface area is 197 Å². The van der Waals surface area contributed by atoms with Gasteiger partial charge in [0.2, 0.25) is 17.7 Å². The number of hydrogen-bond acceptors (Lipinski definition) is 7. The van der Waals surface area contributed by atoms with Crippen LogP contribution >= 0.6 is 0 Å². The van der Waals surface area contributed by atoms with Crippen molar-refractivity contribution in [3.05, 3.63) is 65.7 Å². The van der Waals surface area contributed by atoms with E-state index in [-0.39, 0.29) is 24.4 Å². The average Bonchev–Trinajstić information content (AvgIpc) is 3.25. The number of carbonyl (C=O) groups is 2. The lowest BCUT2D eigenvalue weighted by Crippen LogP contribution is -2.32. The van der Waals surface area contributed by atoms with E-state index in [9.17, 15) is 9.59 Å². The summed E-state index contributed by atoms with van der Waals surface area (Å²) in [5.41, 5.74) is 15.5. The lowest BCUT2D eigenvalue weighted by Gasteiger charge is -2.18. The van der Waals surface area contributed by atoms with Crippen LogP contribution in [-0.4, -0.2) is 39.5 Å². The number of amides is 1. The Kier molecular flexibility index (Phi) is 6.74. The minimum atomic E-state index is -1.04. The second-order valence-electron chi connectivity index (χ2n) is 8.30. The van der Waals surface area contributed by atoms with E-state index in [0.717, 1.165) is 35.3 Å². The van der Waals surface area contributed by atoms with Crippen molar-refractivity contribution < 1.29 is 19.4 Å². The first kappa shape index (κ1) is 23.2. The normalized spacial score (nSPS) is 15.2. The summed E-state index contributed by atoms with van der Waals surface area (Å²) >= 11 is 0. The number of nitrogens with two attached hydrogens (primary N) is 2. The van der Waals surface area contributed by atoms with Gasteiger partial charge in [0.05, 0.1) is 5.69 Å². The number of carbonyl (C=O) groups excluding carboxylic acids is 1. The molecule has 0 aliphatic carbocycles. The van der Waals surface area contributed by atoms with Gasteiger partial charge in [-0.1, -0.05) is 36.4 Å². The summed E-state index contributed by atoms with van der Waals surface area (Å²) in [7, 11) is 0. The first-order valence-corrected chi connectivity index (χ1v) is 11.1. The third-order valence-corrected chi connectivity index (χ3v) is 5.79. The number of hydrogen-bond donors (Lipinski definition) is 3. The van der Waals surface area contributed by atoms with E-state index < -0.39 is 12.0 Å². The molecule has 1 saturated heterocycles. The molecule has 5 N–H and O–H groups in total. The standard InChI is InChI=1S/C25H27N5O4/c1-15(17-8-10-19(11-9-17)30-12-2-3-23(30)31)34-22-14-21(28-25(27)29-22)18-6-4-16(5-7-18)13-20(26)24(32)33/h4-11,14-15,20H,2-3,12-13,26H2,1H3,(H,32,33)(H2,27,28,29)/t15?,20-/m0/s1. The van der Waals surface area contributed by atoms with Crippen molar-refractivity contribution in [1.29, 1.82) is 0 Å². The Balaban J connectivity index is 1.46. The zero-order valence-corrected chi connectivity index (χ0v) is 18.8. The van der Waals surface area contributed by atoms with Crippen molar-refractivity contribution >= 4 is 23.5 Å². The van der Waals surface area contributed by atoms with Crippen LogP contribution in [0.1, 0.15) is 37.0 Å². The number of carboxylic acids is 1. The van der Waals surface area contributed by atoms with Gasteiger partial charge >= 0.3 is 5.97 Å². The van der Waals surface area contributed by atoms with Gasteiger partial charge in [0.1, 0.15) is 12.1 Å². The van der Waals surface area contributed by atoms with Gasteiger partial charge in [-0.3, -0.25) is 9.59 Å². The number of aromatic nitrogens is 2. The molecule has 176 valence electrons. The molecular weight excluding hydrogens is 434 g/mol. The van der Waals surface area contributed by atoms with Crippen LogP contribution in [0.3, 0.4) is 0 Å². The Hall–Kier alpha value is -3.98. The van der Waals surface area contributed by atoms with Gasteiger partial charge < -0.3 is 26.2 Å². The number of carboxylic acid groups (broad SMARTS) is 1. The van der Waals surface area contributed by atoms with E-state index in [2.05, 4.69) is 9.97 Å². The van der Waals surface area contributed by atoms with Gasteiger partial charge in [-0.2, -0.15) is 4.98 Å². The predicted molar refractivity (Wildman–Crippen MR) is 128 cm³/mol. The zero-order valence-electron chi connectivity index (χ0n) is 18.8. The predicted octanol–water partition coefficient (Wildman–Crippen LogP) is 2.95. The summed E-state index contributed by atoms with van der Waals surface area (Å²) in [5, 5.41) is 8.98. The highest BCUT2D eigenvalue weighted by Crippen LogP contribution is 2.28. The molecule has 1 aliphatic heterocycles. The van der Waals surface area contributed by atoms with Gasteiger partial charge in [-0.15, -0.1) is 0 Å². The number of anilines is 2. The average molecular weight is 462 g/mol. The highest BCUT2D eigenvalue weighted by molar-refractivity contribution is 5.95. The van der Waals surface area contributed by atoms with Crippen LogP contribution in [0.2, 0.25) is 0 Å². The maximum absolute atomic E-state index is 12.0. The molecule has 1 unspecified atom stereocenters. The lowest BCUT2D eigenvalue weighted by atomic mass is 10.0. The molecule has 1 aromatic heterocycles. The second kappa shape index (κ2) is 9.88. The first-order valence-electron chi connectivity index (χ1n) is 11.1. The highest BCUT2D eigenvalue weighted by Gasteiger charge is 2.22. The number of ether oxygens (including phenoxy) is 1. The summed E-state index contributed by atoms with van der Waals surface area (Å²) in [6.45, 7) is 2.66. The smallest absolute Gasteiger partial charge is 0.320 e. The Morgan fingerprint density at radius 1 is 1.15 bits per heavy atom. The lowest BCUT2D eigenvalue weighted by molar-refractivity contribution is -0.138. The minimum absolute atomic E-state index is 0.0829. The highest BCUT2D eigenvalue weighted by atomic mass is 16.5. The van der Waals surface area contributed by atoms with Crippen LogP contribution in [0.25, 0.3) is 11.3 Å². The molecule has 3 aromatic rings. The number of benzene rings is 2. The summed E-state index contributed by atoms with van der Waals surface area (Å²) in [6.07, 6.45) is 1.41. The van der Waals surface area contributed by atoms with Gasteiger partial charge in [0, 0.05) is 30.3 Å². The van der Waals surface area contributed by atoms with E-state index in [0.29, 0.717) is 18.0 Å². The third kappa shape index (κ3) is 5.32. The zero-order chi connectivity index (χ0) is 24.2. The number of rotatable bonds is 8. The Morgan fingerprint density at radius 3 is 2.47 bits per heavy atom. The quantitative estimate of drug-likeness (QED) is 0.464. The molecule has 1 fully saturated rings. The monoisotopic (exact) mass is 461 g/mol. The van der Waals surface area contributed by atoms with Crippen LogP contribution < -0.4 is 21.1 Å². The molecule has 1 aliphatic rings. The van der Waals surface area contributed by atoms with Gasteiger partial charge in [-0.25, -0.2) is 4.98 Å². The molecular formula is C25H27N5O4. The van der Waals surface area contributed by atoms with Crippen LogP contribution in [-0.2, 0) is 16.0 Å². The van der Waals surface area contributed by atoms with E-state index in [1.165, 1.54) is 0 Å². The first-order chi connectivity index (χ1) is 16.3. The molecule has 2 atom stereocenters. The summed E-state index contributed by atoms with van der Waals surface area (Å²) in [6, 6.07) is 15.8. The van der Waals surface area contributed by atoms with Gasteiger partial charge in [-0.05, 0) is 43.0 Å². The van der Waals surface area contributed by atoms with Crippen molar-refractivity contribution in [1.82, 2.24) is 9.97 Å². The maximum atomic E-state index is 12.0. The van der Waals surface area contributed by atoms with Gasteiger partial charge in [0.15, 0.2) is 0 Å². The fourth-order valence-corrected chi connectivity index (χ4v) is 3.90. The maximum Gasteiger partial charge on any atom is 0.320 e. The topological polar surface area (TPSA) is 145 Å². The summed E-state index contributed by atoms with van der Waals surface area (Å²) in [4.78, 5) is 33.2. The van der Waals surface area contributed by atoms with Crippen LogP contribution in [0.15, 0.2) is 54.6 Å². The molecule has 0 radical (unpaired) electrons. The fourth-order valence-electron chi connectivity index (χ4n) is 3.90. The molecule has 9 nitrogen and oxygen atoms in total. The fraction of sp³-hybridized carbons (Fsp3) is 0.280. The molecule has 9 heteroatoms. The number of aliphatic carboxylic acids is 1. The van der Waals surface area contributed by atoms with E-state index >= 15 is 0 Å². The van der Waals surface area contributed by atoms with Crippen LogP contribution in [0, 0.1) is 0 Å². The van der Waals surface area contributed by atoms with Crippen molar-refractivity contribution in [3.63, 3.8) is 0 Å². The van der Waals surface area contributed by atoms with Crippen LogP contribution in [0.4, 0.5) is 11.6 Å². The Morgan fingerprint density at radius 2 is 1.85 bits per heavy atom. The molecule has 0 saturated carbocycles. The minimum Gasteiger partial charge on any atom is -0.480 e. The molecule has 34 heavy (non-hydrogen) atoms. The largest absolute Gasteiger partial charge is 0.480 e. The molecule has 2 aromatic carbocycles. The van der Waals surface area contributed by atoms with Crippen molar-refractivity contribution in [2.75, 3.05) is 17.2 Å². The summed E-state index contributed by atoms with van der Waals surface area (Å²) in [5.74, 6) is -0.466. The van der Waals surface area contributed by atoms with Crippen molar-refractivity contribution in [3.8, 4) is 17.1 Å². The SMILES string of the molecule is CC(Oc1cc(-c2ccc(C[C@H](N)C(=O)O)cc2)nc(N)n1)c1ccc(N2CCCC2=O)cc1. The van der Waals surface area contributed by atoms with E-state index in [1.807, 2.05) is 55.5 Å². The van der Waals surface area contributed by atoms with Crippen molar-refractivity contribution in [2.24, 2.45) is 5.73 Å². The molecule has 0 bridgehead atoms. The third-order valence-electron chi connectivity index (χ3n) is 5.79. The van der Waals surface area contributed by atoms with Gasteiger partial charge in [0.25, 0.3) is 0 Å².